The fraction of sp³-hybridized carbons (Fsp3) is 0.238. The minimum absolute atomic E-state index is 0. The summed E-state index contributed by atoms with van der Waals surface area (Å²) in [6, 6.07) is 10.9. The number of fused-ring (bicyclic) bond motifs is 1. The van der Waals surface area contributed by atoms with E-state index in [1.54, 1.807) is 25.2 Å². The van der Waals surface area contributed by atoms with Crippen molar-refractivity contribution < 1.29 is 21.9 Å². The van der Waals surface area contributed by atoms with Gasteiger partial charge in [0.05, 0.1) is 17.7 Å². The van der Waals surface area contributed by atoms with Crippen molar-refractivity contribution in [3.8, 4) is 17.0 Å². The number of methoxy groups -OCH3 is 1. The van der Waals surface area contributed by atoms with Crippen molar-refractivity contribution in [1.29, 1.82) is 0 Å². The molecule has 0 radical (unpaired) electrons. The summed E-state index contributed by atoms with van der Waals surface area (Å²) in [7, 11) is -0.791. The molecule has 1 heterocycles. The quantitative estimate of drug-likeness (QED) is 0.624. The topological polar surface area (TPSA) is 60.3 Å². The van der Waals surface area contributed by atoms with Gasteiger partial charge in [0.2, 0.25) is 0 Å². The van der Waals surface area contributed by atoms with Gasteiger partial charge in [-0.15, -0.1) is 12.4 Å². The lowest BCUT2D eigenvalue weighted by molar-refractivity contribution is 0.413. The normalized spacial score (nSPS) is 15.5. The highest BCUT2D eigenvalue weighted by atomic mass is 35.5. The number of ether oxygens (including phenoxy) is 1. The first-order chi connectivity index (χ1) is 13.9. The Balaban J connectivity index is 0.00000256. The number of nitrogens with zero attached hydrogens (tertiary/aromatic N) is 1. The minimum atomic E-state index is -4.04. The molecule has 5 nitrogen and oxygen atoms in total. The second-order valence-electron chi connectivity index (χ2n) is 6.88. The van der Waals surface area contributed by atoms with E-state index in [1.165, 1.54) is 29.3 Å². The number of rotatable bonds is 5. The lowest BCUT2D eigenvalue weighted by Crippen LogP contribution is -2.17. The van der Waals surface area contributed by atoms with Crippen molar-refractivity contribution in [2.75, 3.05) is 14.2 Å². The third kappa shape index (κ3) is 3.59. The fourth-order valence-electron chi connectivity index (χ4n) is 3.86. The summed E-state index contributed by atoms with van der Waals surface area (Å²) in [5.41, 5.74) is 1.61. The third-order valence-corrected chi connectivity index (χ3v) is 7.02. The van der Waals surface area contributed by atoms with Crippen molar-refractivity contribution in [3.05, 3.63) is 71.4 Å². The summed E-state index contributed by atoms with van der Waals surface area (Å²) in [6.07, 6.45) is 1.26. The Morgan fingerprint density at radius 1 is 1.13 bits per heavy atom. The predicted molar refractivity (Wildman–Crippen MR) is 113 cm³/mol. The molecule has 0 amide bonds. The third-order valence-electron chi connectivity index (χ3n) is 5.27. The van der Waals surface area contributed by atoms with Crippen LogP contribution in [0.2, 0.25) is 0 Å². The van der Waals surface area contributed by atoms with Gasteiger partial charge < -0.3 is 10.1 Å². The monoisotopic (exact) mass is 454 g/mol. The van der Waals surface area contributed by atoms with Gasteiger partial charge in [0, 0.05) is 29.4 Å². The maximum Gasteiger partial charge on any atom is 0.268 e. The highest BCUT2D eigenvalue weighted by Crippen LogP contribution is 2.40. The highest BCUT2D eigenvalue weighted by Gasteiger charge is 2.34. The standard InChI is InChI=1S/C21H20F2N2O3S.ClH/c1-24-19-8-9-20-17(19)12-21(16-7-6-13(22)10-18(16)23)25(20)29(26,27)15-5-3-4-14(11-15)28-2;/h3-7,10-12,19,24H,8-9H2,1-2H3;1H. The van der Waals surface area contributed by atoms with Crippen molar-refractivity contribution in [2.45, 2.75) is 23.8 Å². The van der Waals surface area contributed by atoms with Gasteiger partial charge in [0.1, 0.15) is 17.4 Å². The Morgan fingerprint density at radius 3 is 2.57 bits per heavy atom. The summed E-state index contributed by atoms with van der Waals surface area (Å²) >= 11 is 0. The zero-order valence-electron chi connectivity index (χ0n) is 16.4. The molecule has 1 atom stereocenters. The van der Waals surface area contributed by atoms with Crippen LogP contribution < -0.4 is 10.1 Å². The largest absolute Gasteiger partial charge is 0.497 e. The summed E-state index contributed by atoms with van der Waals surface area (Å²) in [4.78, 5) is 0.0342. The van der Waals surface area contributed by atoms with Gasteiger partial charge in [-0.1, -0.05) is 6.07 Å². The van der Waals surface area contributed by atoms with Crippen molar-refractivity contribution in [1.82, 2.24) is 9.29 Å². The first-order valence-electron chi connectivity index (χ1n) is 9.13. The Bertz CT molecular complexity index is 1190. The van der Waals surface area contributed by atoms with Crippen LogP contribution in [0.3, 0.4) is 0 Å². The van der Waals surface area contributed by atoms with Crippen LogP contribution in [0.25, 0.3) is 11.3 Å². The molecule has 160 valence electrons. The number of benzene rings is 2. The second kappa shape index (κ2) is 8.37. The molecule has 1 aliphatic rings. The molecular weight excluding hydrogens is 434 g/mol. The zero-order valence-corrected chi connectivity index (χ0v) is 18.0. The van der Waals surface area contributed by atoms with Crippen LogP contribution in [-0.4, -0.2) is 26.5 Å². The molecule has 3 aromatic rings. The first-order valence-corrected chi connectivity index (χ1v) is 10.6. The smallest absolute Gasteiger partial charge is 0.268 e. The van der Waals surface area contributed by atoms with E-state index in [9.17, 15) is 17.2 Å². The number of hydrogen-bond donors (Lipinski definition) is 1. The SMILES string of the molecule is CNC1CCc2c1cc(-c1ccc(F)cc1F)n2S(=O)(=O)c1cccc(OC)c1.Cl. The molecule has 1 aromatic heterocycles. The second-order valence-corrected chi connectivity index (χ2v) is 8.67. The Hall–Kier alpha value is -2.42. The Labute approximate surface area is 180 Å². The first kappa shape index (κ1) is 22.3. The molecule has 2 aromatic carbocycles. The average Bonchev–Trinajstić information content (AvgIpc) is 3.26. The molecule has 0 saturated heterocycles. The van der Waals surface area contributed by atoms with E-state index in [4.69, 9.17) is 4.74 Å². The van der Waals surface area contributed by atoms with E-state index in [-0.39, 0.29) is 34.6 Å². The lowest BCUT2D eigenvalue weighted by atomic mass is 10.1. The lowest BCUT2D eigenvalue weighted by Gasteiger charge is -2.15. The molecule has 0 bridgehead atoms. The van der Waals surface area contributed by atoms with Gasteiger partial charge in [-0.05, 0) is 55.8 Å². The Morgan fingerprint density at radius 2 is 1.90 bits per heavy atom. The molecule has 0 spiro atoms. The number of halogens is 3. The molecular formula is C21H21ClF2N2O3S. The van der Waals surface area contributed by atoms with E-state index < -0.39 is 21.7 Å². The average molecular weight is 455 g/mol. The molecule has 1 aliphatic carbocycles. The minimum Gasteiger partial charge on any atom is -0.497 e. The van der Waals surface area contributed by atoms with Crippen LogP contribution in [0.15, 0.2) is 53.4 Å². The predicted octanol–water partition coefficient (Wildman–Crippen LogP) is 4.31. The van der Waals surface area contributed by atoms with Crippen molar-refractivity contribution >= 4 is 22.4 Å². The molecule has 0 saturated carbocycles. The molecule has 4 rings (SSSR count). The molecule has 0 fully saturated rings. The molecule has 1 unspecified atom stereocenters. The summed E-state index contributed by atoms with van der Waals surface area (Å²) in [6.45, 7) is 0. The van der Waals surface area contributed by atoms with E-state index >= 15 is 0 Å². The fourth-order valence-corrected chi connectivity index (χ4v) is 5.49. The summed E-state index contributed by atoms with van der Waals surface area (Å²) < 4.78 is 61.5. The van der Waals surface area contributed by atoms with Crippen LogP contribution in [0, 0.1) is 11.6 Å². The van der Waals surface area contributed by atoms with Crippen LogP contribution in [0.5, 0.6) is 5.75 Å². The molecule has 1 N–H and O–H groups in total. The van der Waals surface area contributed by atoms with Gasteiger partial charge in [-0.2, -0.15) is 0 Å². The van der Waals surface area contributed by atoms with Gasteiger partial charge in [0.25, 0.3) is 10.0 Å². The van der Waals surface area contributed by atoms with Gasteiger partial charge >= 0.3 is 0 Å². The highest BCUT2D eigenvalue weighted by molar-refractivity contribution is 7.90. The van der Waals surface area contributed by atoms with Crippen LogP contribution in [0.1, 0.15) is 23.7 Å². The van der Waals surface area contributed by atoms with Gasteiger partial charge in [0.15, 0.2) is 0 Å². The number of hydrogen-bond acceptors (Lipinski definition) is 4. The molecule has 30 heavy (non-hydrogen) atoms. The summed E-state index contributed by atoms with van der Waals surface area (Å²) in [5.74, 6) is -1.14. The molecule has 0 aliphatic heterocycles. The maximum absolute atomic E-state index is 14.6. The number of aromatic nitrogens is 1. The number of nitrogens with one attached hydrogen (secondary N) is 1. The zero-order chi connectivity index (χ0) is 20.8. The van der Waals surface area contributed by atoms with Gasteiger partial charge in [-0.3, -0.25) is 0 Å². The van der Waals surface area contributed by atoms with Crippen LogP contribution in [0.4, 0.5) is 8.78 Å². The molecule has 9 heteroatoms. The summed E-state index contributed by atoms with van der Waals surface area (Å²) in [5, 5.41) is 3.16. The van der Waals surface area contributed by atoms with Crippen LogP contribution in [-0.2, 0) is 16.4 Å². The van der Waals surface area contributed by atoms with Crippen LogP contribution >= 0.6 is 12.4 Å². The van der Waals surface area contributed by atoms with E-state index in [2.05, 4.69) is 5.32 Å². The Kier molecular flexibility index (Phi) is 6.21. The maximum atomic E-state index is 14.6. The van der Waals surface area contributed by atoms with Crippen molar-refractivity contribution in [3.63, 3.8) is 0 Å². The van der Waals surface area contributed by atoms with E-state index in [0.29, 0.717) is 17.9 Å². The van der Waals surface area contributed by atoms with Gasteiger partial charge in [-0.25, -0.2) is 21.2 Å². The van der Waals surface area contributed by atoms with Crippen molar-refractivity contribution in [2.24, 2.45) is 0 Å². The van der Waals surface area contributed by atoms with E-state index in [0.717, 1.165) is 24.1 Å². The van der Waals surface area contributed by atoms with E-state index in [1.807, 2.05) is 0 Å².